The fraction of sp³-hybridized carbons (Fsp3) is 0.571. The summed E-state index contributed by atoms with van der Waals surface area (Å²) in [6.07, 6.45) is 1.38. The van der Waals surface area contributed by atoms with Crippen LogP contribution in [-0.4, -0.2) is 37.5 Å². The molecule has 0 radical (unpaired) electrons. The standard InChI is InChI=1S/C14H21ClN2O3S/c1-11(13-4-2-3-5-14(13)15)16-21(19,20)17-8-6-12(10-18)7-9-17/h2-5,11-12,16,18H,6-10H2,1H3. The topological polar surface area (TPSA) is 69.6 Å². The largest absolute Gasteiger partial charge is 0.396 e. The molecule has 1 unspecified atom stereocenters. The van der Waals surface area contributed by atoms with Crippen LogP contribution in [-0.2, 0) is 10.2 Å². The van der Waals surface area contributed by atoms with E-state index in [0.717, 1.165) is 5.56 Å². The number of halogens is 1. The first kappa shape index (κ1) is 16.7. The van der Waals surface area contributed by atoms with Gasteiger partial charge in [0.1, 0.15) is 0 Å². The summed E-state index contributed by atoms with van der Waals surface area (Å²) < 4.78 is 28.9. The quantitative estimate of drug-likeness (QED) is 0.865. The highest BCUT2D eigenvalue weighted by molar-refractivity contribution is 7.87. The van der Waals surface area contributed by atoms with Gasteiger partial charge in [-0.25, -0.2) is 0 Å². The van der Waals surface area contributed by atoms with Gasteiger partial charge in [0, 0.05) is 30.8 Å². The molecule has 21 heavy (non-hydrogen) atoms. The van der Waals surface area contributed by atoms with Crippen LogP contribution in [0, 0.1) is 5.92 Å². The number of rotatable bonds is 5. The molecule has 0 amide bonds. The van der Waals surface area contributed by atoms with Crippen LogP contribution in [0.15, 0.2) is 24.3 Å². The fourth-order valence-electron chi connectivity index (χ4n) is 2.52. The van der Waals surface area contributed by atoms with Crippen molar-refractivity contribution in [1.29, 1.82) is 0 Å². The van der Waals surface area contributed by atoms with Crippen molar-refractivity contribution in [3.8, 4) is 0 Å². The van der Waals surface area contributed by atoms with Gasteiger partial charge < -0.3 is 5.11 Å². The average molecular weight is 333 g/mol. The molecule has 0 bridgehead atoms. The minimum Gasteiger partial charge on any atom is -0.396 e. The zero-order chi connectivity index (χ0) is 15.5. The van der Waals surface area contributed by atoms with Gasteiger partial charge in [0.2, 0.25) is 0 Å². The van der Waals surface area contributed by atoms with Crippen LogP contribution in [0.1, 0.15) is 31.4 Å². The lowest BCUT2D eigenvalue weighted by Crippen LogP contribution is -2.46. The molecule has 1 saturated heterocycles. The Morgan fingerprint density at radius 2 is 2.00 bits per heavy atom. The molecule has 2 N–H and O–H groups in total. The molecule has 0 spiro atoms. The Kier molecular flexibility index (Phi) is 5.62. The fourth-order valence-corrected chi connectivity index (χ4v) is 4.23. The number of hydrogen-bond acceptors (Lipinski definition) is 3. The minimum absolute atomic E-state index is 0.122. The van der Waals surface area contributed by atoms with E-state index in [4.69, 9.17) is 16.7 Å². The van der Waals surface area contributed by atoms with Crippen LogP contribution in [0.25, 0.3) is 0 Å². The van der Waals surface area contributed by atoms with Crippen molar-refractivity contribution in [2.24, 2.45) is 5.92 Å². The molecule has 1 aromatic carbocycles. The third kappa shape index (κ3) is 4.17. The third-order valence-corrected chi connectivity index (χ3v) is 5.91. The van der Waals surface area contributed by atoms with Crippen molar-refractivity contribution < 1.29 is 13.5 Å². The van der Waals surface area contributed by atoms with E-state index in [-0.39, 0.29) is 18.6 Å². The molecular weight excluding hydrogens is 312 g/mol. The lowest BCUT2D eigenvalue weighted by molar-refractivity contribution is 0.169. The van der Waals surface area contributed by atoms with E-state index in [0.29, 0.717) is 31.0 Å². The van der Waals surface area contributed by atoms with Gasteiger partial charge in [-0.1, -0.05) is 29.8 Å². The second-order valence-electron chi connectivity index (χ2n) is 5.39. The Bertz CT molecular complexity index is 571. The normalized spacial score (nSPS) is 19.6. The van der Waals surface area contributed by atoms with Crippen LogP contribution < -0.4 is 4.72 Å². The summed E-state index contributed by atoms with van der Waals surface area (Å²) in [7, 11) is -3.54. The molecule has 118 valence electrons. The van der Waals surface area contributed by atoms with E-state index in [9.17, 15) is 8.42 Å². The summed E-state index contributed by atoms with van der Waals surface area (Å²) in [6, 6.07) is 6.81. The average Bonchev–Trinajstić information content (AvgIpc) is 2.47. The maximum absolute atomic E-state index is 12.4. The maximum Gasteiger partial charge on any atom is 0.279 e. The van der Waals surface area contributed by atoms with E-state index in [2.05, 4.69) is 4.72 Å². The summed E-state index contributed by atoms with van der Waals surface area (Å²) in [5.41, 5.74) is 0.757. The third-order valence-electron chi connectivity index (χ3n) is 3.87. The molecule has 2 rings (SSSR count). The first-order chi connectivity index (χ1) is 9.94. The SMILES string of the molecule is CC(NS(=O)(=O)N1CCC(CO)CC1)c1ccccc1Cl. The van der Waals surface area contributed by atoms with Gasteiger partial charge in [-0.05, 0) is 37.3 Å². The molecule has 1 aromatic rings. The molecule has 1 aliphatic rings. The monoisotopic (exact) mass is 332 g/mol. The maximum atomic E-state index is 12.4. The molecule has 0 aromatic heterocycles. The number of hydrogen-bond donors (Lipinski definition) is 2. The molecule has 1 aliphatic heterocycles. The van der Waals surface area contributed by atoms with Gasteiger partial charge in [0.15, 0.2) is 0 Å². The van der Waals surface area contributed by atoms with Gasteiger partial charge in [-0.3, -0.25) is 0 Å². The highest BCUT2D eigenvalue weighted by Crippen LogP contribution is 2.24. The van der Waals surface area contributed by atoms with E-state index >= 15 is 0 Å². The van der Waals surface area contributed by atoms with Crippen LogP contribution in [0.4, 0.5) is 0 Å². The summed E-state index contributed by atoms with van der Waals surface area (Å²) in [5.74, 6) is 0.206. The minimum atomic E-state index is -3.54. The van der Waals surface area contributed by atoms with E-state index in [1.807, 2.05) is 18.2 Å². The molecule has 1 atom stereocenters. The smallest absolute Gasteiger partial charge is 0.279 e. The number of nitrogens with zero attached hydrogens (tertiary/aromatic N) is 1. The molecular formula is C14H21ClN2O3S. The van der Waals surface area contributed by atoms with Crippen molar-refractivity contribution in [3.63, 3.8) is 0 Å². The summed E-state index contributed by atoms with van der Waals surface area (Å²) in [4.78, 5) is 0. The van der Waals surface area contributed by atoms with Crippen LogP contribution in [0.5, 0.6) is 0 Å². The summed E-state index contributed by atoms with van der Waals surface area (Å²) in [6.45, 7) is 2.78. The first-order valence-electron chi connectivity index (χ1n) is 7.06. The van der Waals surface area contributed by atoms with Crippen molar-refractivity contribution in [1.82, 2.24) is 9.03 Å². The number of aliphatic hydroxyl groups is 1. The van der Waals surface area contributed by atoms with E-state index < -0.39 is 10.2 Å². The van der Waals surface area contributed by atoms with Gasteiger partial charge in [-0.15, -0.1) is 0 Å². The lowest BCUT2D eigenvalue weighted by Gasteiger charge is -2.31. The van der Waals surface area contributed by atoms with Crippen LogP contribution in [0.3, 0.4) is 0 Å². The molecule has 0 saturated carbocycles. The Hall–Kier alpha value is -0.660. The van der Waals surface area contributed by atoms with Gasteiger partial charge >= 0.3 is 0 Å². The van der Waals surface area contributed by atoms with Crippen molar-refractivity contribution in [2.75, 3.05) is 19.7 Å². The first-order valence-corrected chi connectivity index (χ1v) is 8.88. The molecule has 1 heterocycles. The molecule has 7 heteroatoms. The highest BCUT2D eigenvalue weighted by atomic mass is 35.5. The summed E-state index contributed by atoms with van der Waals surface area (Å²) >= 11 is 6.10. The number of aliphatic hydroxyl groups excluding tert-OH is 1. The molecule has 0 aliphatic carbocycles. The number of piperidine rings is 1. The Balaban J connectivity index is 2.03. The Morgan fingerprint density at radius 3 is 2.57 bits per heavy atom. The van der Waals surface area contributed by atoms with Crippen LogP contribution in [0.2, 0.25) is 5.02 Å². The molecule has 5 nitrogen and oxygen atoms in total. The predicted octanol–water partition coefficient (Wildman–Crippen LogP) is 1.94. The van der Waals surface area contributed by atoms with Gasteiger partial charge in [0.25, 0.3) is 10.2 Å². The highest BCUT2D eigenvalue weighted by Gasteiger charge is 2.29. The Labute approximate surface area is 131 Å². The van der Waals surface area contributed by atoms with Gasteiger partial charge in [0.05, 0.1) is 0 Å². The molecule has 1 fully saturated rings. The van der Waals surface area contributed by atoms with Crippen molar-refractivity contribution >= 4 is 21.8 Å². The zero-order valence-electron chi connectivity index (χ0n) is 12.0. The second kappa shape index (κ2) is 7.07. The van der Waals surface area contributed by atoms with Gasteiger partial charge in [-0.2, -0.15) is 17.4 Å². The zero-order valence-corrected chi connectivity index (χ0v) is 13.6. The number of benzene rings is 1. The summed E-state index contributed by atoms with van der Waals surface area (Å²) in [5, 5.41) is 9.65. The second-order valence-corrected chi connectivity index (χ2v) is 7.50. The lowest BCUT2D eigenvalue weighted by atomic mass is 10.00. The van der Waals surface area contributed by atoms with E-state index in [1.165, 1.54) is 4.31 Å². The van der Waals surface area contributed by atoms with Crippen LogP contribution >= 0.6 is 11.6 Å². The van der Waals surface area contributed by atoms with E-state index in [1.54, 1.807) is 13.0 Å². The predicted molar refractivity (Wildman–Crippen MR) is 83.3 cm³/mol. The Morgan fingerprint density at radius 1 is 1.38 bits per heavy atom. The van der Waals surface area contributed by atoms with Crippen molar-refractivity contribution in [3.05, 3.63) is 34.9 Å². The number of nitrogens with one attached hydrogen (secondary N) is 1. The van der Waals surface area contributed by atoms with Crippen molar-refractivity contribution in [2.45, 2.75) is 25.8 Å².